The van der Waals surface area contributed by atoms with Gasteiger partial charge in [-0.25, -0.2) is 10.2 Å². The highest BCUT2D eigenvalue weighted by Gasteiger charge is 2.11. The van der Waals surface area contributed by atoms with Gasteiger partial charge in [0.2, 0.25) is 0 Å². The van der Waals surface area contributed by atoms with Gasteiger partial charge in [0.15, 0.2) is 0 Å². The summed E-state index contributed by atoms with van der Waals surface area (Å²) >= 11 is 3.50. The Morgan fingerprint density at radius 3 is 2.50 bits per heavy atom. The molecule has 0 aliphatic heterocycles. The molecule has 0 saturated carbocycles. The van der Waals surface area contributed by atoms with Crippen LogP contribution in [0, 0.1) is 13.8 Å². The van der Waals surface area contributed by atoms with Crippen LogP contribution in [-0.2, 0) is 4.84 Å². The summed E-state index contributed by atoms with van der Waals surface area (Å²) in [7, 11) is 0. The van der Waals surface area contributed by atoms with E-state index in [4.69, 9.17) is 4.84 Å². The van der Waals surface area contributed by atoms with Crippen LogP contribution in [0.4, 0.5) is 0 Å². The Hall–Kier alpha value is -1.66. The Morgan fingerprint density at radius 2 is 2.00 bits per heavy atom. The second-order valence-corrected chi connectivity index (χ2v) is 5.10. The van der Waals surface area contributed by atoms with E-state index >= 15 is 0 Å². The molecule has 0 radical (unpaired) electrons. The van der Waals surface area contributed by atoms with Gasteiger partial charge in [0.1, 0.15) is 0 Å². The average Bonchev–Trinajstić information content (AvgIpc) is 2.72. The third-order valence-corrected chi connectivity index (χ3v) is 4.03. The van der Waals surface area contributed by atoms with Gasteiger partial charge in [-0.15, -0.1) is 0 Å². The fourth-order valence-corrected chi connectivity index (χ4v) is 2.07. The topological polar surface area (TPSA) is 56.1 Å². The Bertz CT molecular complexity index is 620. The lowest BCUT2D eigenvalue weighted by Crippen LogP contribution is -2.23. The van der Waals surface area contributed by atoms with E-state index < -0.39 is 0 Å². The van der Waals surface area contributed by atoms with Gasteiger partial charge in [-0.05, 0) is 61.0 Å². The van der Waals surface area contributed by atoms with Gasteiger partial charge in [-0.1, -0.05) is 0 Å². The molecule has 1 N–H and O–H groups in total. The molecule has 0 unspecified atom stereocenters. The van der Waals surface area contributed by atoms with E-state index in [-0.39, 0.29) is 5.91 Å². The maximum atomic E-state index is 11.7. The molecule has 0 aliphatic carbocycles. The maximum Gasteiger partial charge on any atom is 0.274 e. The summed E-state index contributed by atoms with van der Waals surface area (Å²) < 4.78 is 2.83. The number of rotatable bonds is 4. The van der Waals surface area contributed by atoms with Gasteiger partial charge in [-0.3, -0.25) is 9.63 Å². The Morgan fingerprint density at radius 1 is 1.35 bits per heavy atom. The van der Waals surface area contributed by atoms with Crippen molar-refractivity contribution in [1.29, 1.82) is 0 Å². The van der Waals surface area contributed by atoms with Crippen LogP contribution >= 0.6 is 15.9 Å². The van der Waals surface area contributed by atoms with Crippen LogP contribution in [0.25, 0.3) is 5.69 Å². The van der Waals surface area contributed by atoms with E-state index in [2.05, 4.69) is 26.5 Å². The number of amides is 1. The maximum absolute atomic E-state index is 11.7. The smallest absolute Gasteiger partial charge is 0.274 e. The van der Waals surface area contributed by atoms with Gasteiger partial charge >= 0.3 is 0 Å². The first-order valence-electron chi connectivity index (χ1n) is 6.29. The number of nitrogens with zero attached hydrogens (tertiary/aromatic N) is 2. The lowest BCUT2D eigenvalue weighted by molar-refractivity contribution is 0.0364. The summed E-state index contributed by atoms with van der Waals surface area (Å²) in [5.41, 5.74) is 5.77. The van der Waals surface area contributed by atoms with Crippen molar-refractivity contribution in [2.24, 2.45) is 0 Å². The first-order valence-corrected chi connectivity index (χ1v) is 7.08. The van der Waals surface area contributed by atoms with E-state index in [1.165, 1.54) is 0 Å². The molecule has 20 heavy (non-hydrogen) atoms. The van der Waals surface area contributed by atoms with E-state index in [1.807, 2.05) is 37.6 Å². The van der Waals surface area contributed by atoms with Crippen LogP contribution < -0.4 is 5.48 Å². The molecule has 0 atom stereocenters. The molecule has 0 saturated heterocycles. The number of aryl methyl sites for hydroxylation is 1. The van der Waals surface area contributed by atoms with Crippen molar-refractivity contribution < 1.29 is 9.63 Å². The van der Waals surface area contributed by atoms with Crippen LogP contribution in [-0.4, -0.2) is 22.3 Å². The first kappa shape index (κ1) is 14.7. The highest BCUT2D eigenvalue weighted by Crippen LogP contribution is 2.23. The molecule has 6 heteroatoms. The molecule has 1 aromatic heterocycles. The molecular weight excluding hydrogens is 322 g/mol. The van der Waals surface area contributed by atoms with Crippen LogP contribution in [0.15, 0.2) is 28.7 Å². The molecular formula is C14H16BrN3O2. The van der Waals surface area contributed by atoms with E-state index in [9.17, 15) is 4.79 Å². The van der Waals surface area contributed by atoms with Crippen molar-refractivity contribution in [2.45, 2.75) is 20.8 Å². The Labute approximate surface area is 126 Å². The standard InChI is InChI=1S/C14H16BrN3O2/c1-4-20-17-14(19)11-5-7-12(8-6-11)18-10(3)13(15)9(2)16-18/h5-8H,4H2,1-3H3,(H,17,19). The zero-order valence-corrected chi connectivity index (χ0v) is 13.2. The lowest BCUT2D eigenvalue weighted by Gasteiger charge is -2.07. The van der Waals surface area contributed by atoms with Crippen molar-refractivity contribution in [3.8, 4) is 5.69 Å². The zero-order valence-electron chi connectivity index (χ0n) is 11.6. The molecule has 0 fully saturated rings. The van der Waals surface area contributed by atoms with Gasteiger partial charge in [0.25, 0.3) is 5.91 Å². The number of hydrogen-bond acceptors (Lipinski definition) is 3. The average molecular weight is 338 g/mol. The summed E-state index contributed by atoms with van der Waals surface area (Å²) in [5, 5.41) is 4.45. The van der Waals surface area contributed by atoms with Gasteiger partial charge < -0.3 is 0 Å². The summed E-state index contributed by atoms with van der Waals surface area (Å²) in [6.07, 6.45) is 0. The third-order valence-electron chi connectivity index (χ3n) is 2.89. The molecule has 1 amide bonds. The molecule has 0 spiro atoms. The molecule has 1 heterocycles. The SMILES string of the molecule is CCONC(=O)c1ccc(-n2nc(C)c(Br)c2C)cc1. The fraction of sp³-hybridized carbons (Fsp3) is 0.286. The van der Waals surface area contributed by atoms with Crippen LogP contribution in [0.5, 0.6) is 0 Å². The minimum Gasteiger partial charge on any atom is -0.274 e. The number of carbonyl (C=O) groups is 1. The number of hydroxylamine groups is 1. The Kier molecular flexibility index (Phi) is 4.57. The number of halogens is 1. The van der Waals surface area contributed by atoms with Crippen molar-refractivity contribution in [2.75, 3.05) is 6.61 Å². The minimum absolute atomic E-state index is 0.257. The van der Waals surface area contributed by atoms with Crippen LogP contribution in [0.2, 0.25) is 0 Å². The first-order chi connectivity index (χ1) is 9.54. The molecule has 1 aromatic carbocycles. The molecule has 0 bridgehead atoms. The minimum atomic E-state index is -0.257. The van der Waals surface area contributed by atoms with Crippen LogP contribution in [0.1, 0.15) is 28.7 Å². The number of aromatic nitrogens is 2. The fourth-order valence-electron chi connectivity index (χ4n) is 1.83. The normalized spacial score (nSPS) is 10.6. The second kappa shape index (κ2) is 6.19. The van der Waals surface area contributed by atoms with Crippen molar-refractivity contribution >= 4 is 21.8 Å². The quantitative estimate of drug-likeness (QED) is 0.872. The highest BCUT2D eigenvalue weighted by molar-refractivity contribution is 9.10. The van der Waals surface area contributed by atoms with Crippen molar-refractivity contribution in [3.63, 3.8) is 0 Å². The van der Waals surface area contributed by atoms with E-state index in [0.717, 1.165) is 21.5 Å². The van der Waals surface area contributed by atoms with E-state index in [0.29, 0.717) is 12.2 Å². The van der Waals surface area contributed by atoms with Crippen LogP contribution in [0.3, 0.4) is 0 Å². The molecule has 0 aliphatic rings. The number of benzene rings is 1. The highest BCUT2D eigenvalue weighted by atomic mass is 79.9. The van der Waals surface area contributed by atoms with E-state index in [1.54, 1.807) is 12.1 Å². The molecule has 2 aromatic rings. The van der Waals surface area contributed by atoms with Gasteiger partial charge in [-0.2, -0.15) is 5.10 Å². The Balaban J connectivity index is 2.24. The third kappa shape index (κ3) is 2.91. The largest absolute Gasteiger partial charge is 0.274 e. The molecule has 2 rings (SSSR count). The number of hydrogen-bond donors (Lipinski definition) is 1. The lowest BCUT2D eigenvalue weighted by atomic mass is 10.2. The summed E-state index contributed by atoms with van der Waals surface area (Å²) in [5.74, 6) is -0.257. The molecule has 5 nitrogen and oxygen atoms in total. The van der Waals surface area contributed by atoms with Gasteiger partial charge in [0, 0.05) is 5.56 Å². The summed E-state index contributed by atoms with van der Waals surface area (Å²) in [6, 6.07) is 7.20. The predicted molar refractivity (Wildman–Crippen MR) is 79.8 cm³/mol. The number of nitrogens with one attached hydrogen (secondary N) is 1. The van der Waals surface area contributed by atoms with Gasteiger partial charge in [0.05, 0.1) is 28.2 Å². The van der Waals surface area contributed by atoms with Crippen molar-refractivity contribution in [3.05, 3.63) is 45.7 Å². The summed E-state index contributed by atoms with van der Waals surface area (Å²) in [6.45, 7) is 6.17. The zero-order chi connectivity index (χ0) is 14.7. The monoisotopic (exact) mass is 337 g/mol. The number of carbonyl (C=O) groups excluding carboxylic acids is 1. The summed E-state index contributed by atoms with van der Waals surface area (Å²) in [4.78, 5) is 16.6. The van der Waals surface area contributed by atoms with Crippen molar-refractivity contribution in [1.82, 2.24) is 15.3 Å². The molecule has 106 valence electrons. The predicted octanol–water partition coefficient (Wildman–Crippen LogP) is 2.93. The second-order valence-electron chi connectivity index (χ2n) is 4.31.